The Kier molecular flexibility index (Phi) is 6.32. The molecule has 3 rings (SSSR count). The molecule has 0 unspecified atom stereocenters. The van der Waals surface area contributed by atoms with Crippen molar-refractivity contribution in [3.8, 4) is 0 Å². The van der Waals surface area contributed by atoms with Crippen LogP contribution in [0.1, 0.15) is 5.56 Å². The minimum absolute atomic E-state index is 0.00359. The highest BCUT2D eigenvalue weighted by atomic mass is 35.5. The molecule has 3 aromatic rings. The van der Waals surface area contributed by atoms with E-state index in [2.05, 4.69) is 15.4 Å². The number of carbonyl (C=O) groups excluding carboxylic acids is 1. The molecule has 0 fully saturated rings. The molecule has 0 aromatic heterocycles. The van der Waals surface area contributed by atoms with Gasteiger partial charge in [0.1, 0.15) is 0 Å². The number of carbonyl (C=O) groups is 1. The van der Waals surface area contributed by atoms with Crippen molar-refractivity contribution < 1.29 is 13.2 Å². The second-order valence-corrected chi connectivity index (χ2v) is 8.68. The lowest BCUT2D eigenvalue weighted by molar-refractivity contribution is 0.262. The summed E-state index contributed by atoms with van der Waals surface area (Å²) in [6.45, 7) is 1.76. The fourth-order valence-corrected chi connectivity index (χ4v) is 3.96. The van der Waals surface area contributed by atoms with Gasteiger partial charge in [-0.15, -0.1) is 0 Å². The van der Waals surface area contributed by atoms with Crippen LogP contribution in [0.25, 0.3) is 0 Å². The third kappa shape index (κ3) is 5.41. The Balaban J connectivity index is 1.80. The third-order valence-electron chi connectivity index (χ3n) is 3.97. The number of aryl methyl sites for hydroxylation is 1. The van der Waals surface area contributed by atoms with Gasteiger partial charge >= 0.3 is 6.03 Å². The molecule has 0 saturated carbocycles. The van der Waals surface area contributed by atoms with E-state index in [4.69, 9.17) is 23.2 Å². The summed E-state index contributed by atoms with van der Waals surface area (Å²) in [7, 11) is -3.87. The molecule has 0 saturated heterocycles. The van der Waals surface area contributed by atoms with Crippen LogP contribution in [-0.2, 0) is 10.0 Å². The van der Waals surface area contributed by atoms with E-state index in [1.54, 1.807) is 55.5 Å². The monoisotopic (exact) mass is 449 g/mol. The van der Waals surface area contributed by atoms with Crippen LogP contribution in [0.5, 0.6) is 0 Å². The topological polar surface area (TPSA) is 87.3 Å². The van der Waals surface area contributed by atoms with Gasteiger partial charge in [0.2, 0.25) is 0 Å². The number of anilines is 3. The smallest absolute Gasteiger partial charge is 0.307 e. The number of halogens is 2. The molecule has 0 spiro atoms. The summed E-state index contributed by atoms with van der Waals surface area (Å²) in [5.74, 6) is 0. The Bertz CT molecular complexity index is 1170. The first-order valence-electron chi connectivity index (χ1n) is 8.46. The van der Waals surface area contributed by atoms with Crippen molar-refractivity contribution in [2.45, 2.75) is 11.8 Å². The van der Waals surface area contributed by atoms with Gasteiger partial charge in [0.05, 0.1) is 21.3 Å². The highest BCUT2D eigenvalue weighted by molar-refractivity contribution is 7.92. The van der Waals surface area contributed by atoms with Crippen molar-refractivity contribution in [1.82, 2.24) is 0 Å². The van der Waals surface area contributed by atoms with E-state index in [1.165, 1.54) is 18.2 Å². The molecule has 0 radical (unpaired) electrons. The summed E-state index contributed by atoms with van der Waals surface area (Å²) in [5.41, 5.74) is 1.82. The van der Waals surface area contributed by atoms with Crippen molar-refractivity contribution in [1.29, 1.82) is 0 Å². The molecule has 0 aliphatic carbocycles. The Morgan fingerprint density at radius 1 is 0.862 bits per heavy atom. The Labute approximate surface area is 178 Å². The number of amides is 2. The molecular weight excluding hydrogens is 433 g/mol. The van der Waals surface area contributed by atoms with Crippen LogP contribution in [0, 0.1) is 6.92 Å². The van der Waals surface area contributed by atoms with Gasteiger partial charge in [-0.2, -0.15) is 0 Å². The minimum Gasteiger partial charge on any atom is -0.307 e. The molecule has 29 heavy (non-hydrogen) atoms. The number of benzene rings is 3. The average Bonchev–Trinajstić information content (AvgIpc) is 2.65. The summed E-state index contributed by atoms with van der Waals surface area (Å²) >= 11 is 11.9. The predicted octanol–water partition coefficient (Wildman–Crippen LogP) is 5.75. The number of nitrogens with one attached hydrogen (secondary N) is 3. The van der Waals surface area contributed by atoms with E-state index in [0.29, 0.717) is 32.7 Å². The standard InChI is InChI=1S/C20H17Cl2N3O3S/c1-13-9-10-16(29(27,28)25-15-6-4-5-14(21)11-15)12-19(13)24-20(26)23-18-8-3-2-7-17(18)22/h2-12,25H,1H3,(H2,23,24,26). The maximum atomic E-state index is 12.7. The van der Waals surface area contributed by atoms with Crippen molar-refractivity contribution in [3.63, 3.8) is 0 Å². The van der Waals surface area contributed by atoms with Crippen molar-refractivity contribution in [2.75, 3.05) is 15.4 Å². The SMILES string of the molecule is Cc1ccc(S(=O)(=O)Nc2cccc(Cl)c2)cc1NC(=O)Nc1ccccc1Cl. The van der Waals surface area contributed by atoms with Crippen molar-refractivity contribution >= 4 is 56.3 Å². The van der Waals surface area contributed by atoms with E-state index in [1.807, 2.05) is 0 Å². The zero-order valence-electron chi connectivity index (χ0n) is 15.2. The van der Waals surface area contributed by atoms with Gasteiger partial charge in [-0.1, -0.05) is 47.5 Å². The van der Waals surface area contributed by atoms with Gasteiger partial charge in [-0.25, -0.2) is 13.2 Å². The molecule has 0 aliphatic rings. The second-order valence-electron chi connectivity index (χ2n) is 6.15. The highest BCUT2D eigenvalue weighted by Crippen LogP contribution is 2.25. The highest BCUT2D eigenvalue weighted by Gasteiger charge is 2.17. The van der Waals surface area contributed by atoms with E-state index in [0.717, 1.165) is 0 Å². The summed E-state index contributed by atoms with van der Waals surface area (Å²) in [6.07, 6.45) is 0. The number of urea groups is 1. The molecule has 9 heteroatoms. The molecule has 0 atom stereocenters. The Hall–Kier alpha value is -2.74. The largest absolute Gasteiger partial charge is 0.323 e. The number of rotatable bonds is 5. The first kappa shape index (κ1) is 21.0. The summed E-state index contributed by atoms with van der Waals surface area (Å²) in [6, 6.07) is 17.1. The second kappa shape index (κ2) is 8.73. The van der Waals surface area contributed by atoms with E-state index >= 15 is 0 Å². The quantitative estimate of drug-likeness (QED) is 0.463. The summed E-state index contributed by atoms with van der Waals surface area (Å²) < 4.78 is 27.9. The van der Waals surface area contributed by atoms with Crippen LogP contribution < -0.4 is 15.4 Å². The summed E-state index contributed by atoms with van der Waals surface area (Å²) in [4.78, 5) is 12.3. The van der Waals surface area contributed by atoms with Crippen molar-refractivity contribution in [2.24, 2.45) is 0 Å². The molecule has 0 aliphatic heterocycles. The van der Waals surface area contributed by atoms with Gasteiger partial charge in [0, 0.05) is 10.7 Å². The maximum absolute atomic E-state index is 12.7. The summed E-state index contributed by atoms with van der Waals surface area (Å²) in [5, 5.41) is 6.08. The molecule has 0 heterocycles. The minimum atomic E-state index is -3.87. The lowest BCUT2D eigenvalue weighted by atomic mass is 10.2. The van der Waals surface area contributed by atoms with Crippen LogP contribution in [-0.4, -0.2) is 14.4 Å². The van der Waals surface area contributed by atoms with Crippen molar-refractivity contribution in [3.05, 3.63) is 82.3 Å². The maximum Gasteiger partial charge on any atom is 0.323 e. The molecule has 0 bridgehead atoms. The third-order valence-corrected chi connectivity index (χ3v) is 5.91. The molecule has 150 valence electrons. The fraction of sp³-hybridized carbons (Fsp3) is 0.0500. The predicted molar refractivity (Wildman–Crippen MR) is 118 cm³/mol. The van der Waals surface area contributed by atoms with Crippen LogP contribution in [0.3, 0.4) is 0 Å². The normalized spacial score (nSPS) is 11.0. The van der Waals surface area contributed by atoms with Crippen LogP contribution in [0.4, 0.5) is 21.9 Å². The lowest BCUT2D eigenvalue weighted by Gasteiger charge is -2.13. The van der Waals surface area contributed by atoms with Gasteiger partial charge in [-0.3, -0.25) is 4.72 Å². The van der Waals surface area contributed by atoms with Gasteiger partial charge in [0.25, 0.3) is 10.0 Å². The van der Waals surface area contributed by atoms with Crippen LogP contribution >= 0.6 is 23.2 Å². The molecule has 6 nitrogen and oxygen atoms in total. The van der Waals surface area contributed by atoms with Crippen LogP contribution in [0.2, 0.25) is 10.0 Å². The van der Waals surface area contributed by atoms with E-state index < -0.39 is 16.1 Å². The van der Waals surface area contributed by atoms with E-state index in [9.17, 15) is 13.2 Å². The molecule has 3 N–H and O–H groups in total. The van der Waals surface area contributed by atoms with Gasteiger partial charge < -0.3 is 10.6 Å². The van der Waals surface area contributed by atoms with Gasteiger partial charge in [0.15, 0.2) is 0 Å². The zero-order valence-corrected chi connectivity index (χ0v) is 17.6. The number of hydrogen-bond donors (Lipinski definition) is 3. The zero-order chi connectivity index (χ0) is 21.0. The average molecular weight is 450 g/mol. The number of hydrogen-bond acceptors (Lipinski definition) is 3. The molecular formula is C20H17Cl2N3O3S. The lowest BCUT2D eigenvalue weighted by Crippen LogP contribution is -2.21. The Morgan fingerprint density at radius 3 is 2.31 bits per heavy atom. The first-order chi connectivity index (χ1) is 13.7. The first-order valence-corrected chi connectivity index (χ1v) is 10.7. The van der Waals surface area contributed by atoms with Crippen LogP contribution in [0.15, 0.2) is 71.6 Å². The fourth-order valence-electron chi connectivity index (χ4n) is 2.51. The van der Waals surface area contributed by atoms with Gasteiger partial charge in [-0.05, 0) is 55.0 Å². The number of sulfonamides is 1. The number of para-hydroxylation sites is 1. The molecule has 2 amide bonds. The Morgan fingerprint density at radius 2 is 1.59 bits per heavy atom. The van der Waals surface area contributed by atoms with E-state index in [-0.39, 0.29) is 4.90 Å². The molecule has 3 aromatic carbocycles.